The predicted molar refractivity (Wildman–Crippen MR) is 525 cm³/mol. The Hall–Kier alpha value is -5.92. The number of amidine groups is 1. The van der Waals surface area contributed by atoms with Crippen molar-refractivity contribution >= 4 is 80.6 Å². The van der Waals surface area contributed by atoms with Crippen molar-refractivity contribution in [3.05, 3.63) is 0 Å². The zero-order valence-electron chi connectivity index (χ0n) is 77.8. The number of nitrogens with zero attached hydrogens (tertiary/aromatic N) is 11. The van der Waals surface area contributed by atoms with Crippen molar-refractivity contribution in [3.8, 4) is 0 Å². The lowest BCUT2D eigenvalue weighted by molar-refractivity contribution is -0.123. The molecule has 0 rings (SSSR count). The van der Waals surface area contributed by atoms with Crippen molar-refractivity contribution in [3.63, 3.8) is 0 Å². The van der Waals surface area contributed by atoms with E-state index in [0.29, 0.717) is 130 Å². The van der Waals surface area contributed by atoms with Crippen molar-refractivity contribution in [1.82, 2.24) is 93.2 Å². The number of nitrogens with two attached hydrogens (primary N) is 13. The second-order valence-corrected chi connectivity index (χ2v) is 33.8. The highest BCUT2D eigenvalue weighted by atomic mass is 33.1. The molecule has 0 fully saturated rings. The lowest BCUT2D eigenvalue weighted by Gasteiger charge is -2.28. The topological polar surface area (TPSA) is 656 Å². The molecule has 0 radical (unpaired) electrons. The molecule has 41 nitrogen and oxygen atoms in total. The molecule has 4 amide bonds. The number of amides is 4. The smallest absolute Gasteiger partial charge is 0.237 e. The van der Waals surface area contributed by atoms with E-state index in [1.165, 1.54) is 0 Å². The summed E-state index contributed by atoms with van der Waals surface area (Å²) in [5, 5.41) is 47.3. The molecule has 0 saturated carbocycles. The summed E-state index contributed by atoms with van der Waals surface area (Å²) in [6.45, 7) is 32.8. The summed E-state index contributed by atoms with van der Waals surface area (Å²) in [6, 6.07) is -1.74. The van der Waals surface area contributed by atoms with Crippen molar-refractivity contribution in [1.29, 1.82) is 5.41 Å². The van der Waals surface area contributed by atoms with E-state index in [4.69, 9.17) is 79.9 Å². The molecule has 43 heteroatoms. The first-order valence-electron chi connectivity index (χ1n) is 46.0. The zero-order chi connectivity index (χ0) is 92.1. The van der Waals surface area contributed by atoms with Gasteiger partial charge in [-0.25, -0.2) is 0 Å². The number of rotatable bonds is 89. The molecule has 0 aromatic carbocycles. The molecule has 0 heterocycles. The molecule has 0 aromatic heterocycles. The minimum absolute atomic E-state index is 0.0167. The number of hydrogen-bond acceptors (Lipinski definition) is 30. The number of nitrogens with one attached hydrogen (secondary N) is 13. The Bertz CT molecular complexity index is 2690. The Balaban J connectivity index is 0. The van der Waals surface area contributed by atoms with Crippen LogP contribution < -0.4 is 138 Å². The summed E-state index contributed by atoms with van der Waals surface area (Å²) in [7, 11) is 13.1. The number of aliphatic imine (C=N–C) groups is 5. The van der Waals surface area contributed by atoms with Crippen LogP contribution in [-0.4, -0.2) is 408 Å². The SMILES string of the molecule is CCCN(CCCCCN(CCNCCNC(=O)C(CCCN=C(N)N)NC)CCN(CCNC)CCNCCN)CCNC(=O)C(N)CCCN=C(N)N.CN=C(N)CCCSSCCCC(=N)CCCNCCN(CCNC)CCN(CCCCCN(CCN)CCNC(=O)C(N)CCCN=C(N)N)CCNCCNC(=O)C(CCCN=C(N)N)NC. The number of likely N-dealkylation sites (N-methyl/N-ethyl adjacent to an activating group) is 4. The highest BCUT2D eigenvalue weighted by Gasteiger charge is 2.20. The fourth-order valence-corrected chi connectivity index (χ4v) is 15.3. The number of carbonyl (C=O) groups is 4. The molecule has 39 N–H and O–H groups in total. The fourth-order valence-electron chi connectivity index (χ4n) is 13.2. The van der Waals surface area contributed by atoms with E-state index in [2.05, 4.69) is 125 Å². The van der Waals surface area contributed by atoms with Crippen LogP contribution in [0.4, 0.5) is 0 Å². The van der Waals surface area contributed by atoms with Crippen molar-refractivity contribution in [2.45, 2.75) is 166 Å². The van der Waals surface area contributed by atoms with E-state index in [1.807, 2.05) is 35.7 Å². The molecular weight excluding hydrogens is 1620 g/mol. The van der Waals surface area contributed by atoms with Gasteiger partial charge in [0.15, 0.2) is 23.8 Å². The molecule has 0 aromatic rings. The third-order valence-corrected chi connectivity index (χ3v) is 23.1. The minimum Gasteiger partial charge on any atom is -0.387 e. The van der Waals surface area contributed by atoms with E-state index in [1.54, 1.807) is 21.1 Å². The van der Waals surface area contributed by atoms with Gasteiger partial charge < -0.3 is 163 Å². The Labute approximate surface area is 755 Å². The maximum Gasteiger partial charge on any atom is 0.237 e. The number of unbranched alkanes of at least 4 members (excludes halogenated alkanes) is 4. The van der Waals surface area contributed by atoms with Crippen molar-refractivity contribution in [2.75, 3.05) is 295 Å². The van der Waals surface area contributed by atoms with Crippen LogP contribution in [0.5, 0.6) is 0 Å². The van der Waals surface area contributed by atoms with Crippen molar-refractivity contribution in [2.24, 2.45) is 99.5 Å². The van der Waals surface area contributed by atoms with Crippen LogP contribution in [0, 0.1) is 5.41 Å². The quantitative estimate of drug-likeness (QED) is 0.0117. The summed E-state index contributed by atoms with van der Waals surface area (Å²) in [5.41, 5.74) is 73.5. The van der Waals surface area contributed by atoms with Gasteiger partial charge in [0.05, 0.1) is 30.0 Å². The van der Waals surface area contributed by atoms with Gasteiger partial charge in [-0.05, 0) is 183 Å². The molecule has 0 spiro atoms. The maximum absolute atomic E-state index is 12.8. The third-order valence-electron chi connectivity index (χ3n) is 20.5. The second kappa shape index (κ2) is 87.8. The number of carbonyl (C=O) groups excluding carboxylic acids is 4. The van der Waals surface area contributed by atoms with Crippen LogP contribution in [-0.2, 0) is 19.2 Å². The van der Waals surface area contributed by atoms with E-state index < -0.39 is 12.1 Å². The van der Waals surface area contributed by atoms with Crippen LogP contribution >= 0.6 is 21.6 Å². The van der Waals surface area contributed by atoms with Crippen LogP contribution in [0.15, 0.2) is 25.0 Å². The molecule has 0 saturated heterocycles. The molecule has 0 aliphatic carbocycles. The summed E-state index contributed by atoms with van der Waals surface area (Å²) in [6.07, 6.45) is 18.3. The zero-order valence-corrected chi connectivity index (χ0v) is 79.5. The van der Waals surface area contributed by atoms with E-state index in [9.17, 15) is 19.2 Å². The largest absolute Gasteiger partial charge is 0.387 e. The normalized spacial score (nSPS) is 12.6. The van der Waals surface area contributed by atoms with E-state index in [-0.39, 0.29) is 59.6 Å². The first kappa shape index (κ1) is 120. The van der Waals surface area contributed by atoms with Crippen LogP contribution in [0.3, 0.4) is 0 Å². The highest BCUT2D eigenvalue weighted by molar-refractivity contribution is 8.76. The molecular formula is C81H183N37O4S2. The molecule has 0 bridgehead atoms. The molecule has 0 aliphatic rings. The van der Waals surface area contributed by atoms with Crippen LogP contribution in [0.2, 0.25) is 0 Å². The molecule has 728 valence electrons. The Morgan fingerprint density at radius 1 is 0.339 bits per heavy atom. The van der Waals surface area contributed by atoms with Crippen molar-refractivity contribution < 1.29 is 19.2 Å². The average Bonchev–Trinajstić information content (AvgIpc) is 0.956. The maximum atomic E-state index is 12.8. The molecule has 0 aliphatic heterocycles. The summed E-state index contributed by atoms with van der Waals surface area (Å²) >= 11 is 0. The lowest BCUT2D eigenvalue weighted by atomic mass is 10.1. The summed E-state index contributed by atoms with van der Waals surface area (Å²) in [5.74, 6) is 2.74. The summed E-state index contributed by atoms with van der Waals surface area (Å²) in [4.78, 5) is 85.2. The van der Waals surface area contributed by atoms with Gasteiger partial charge in [-0.2, -0.15) is 0 Å². The lowest BCUT2D eigenvalue weighted by Crippen LogP contribution is -2.45. The molecule has 4 atom stereocenters. The first-order valence-corrected chi connectivity index (χ1v) is 48.5. The van der Waals surface area contributed by atoms with Gasteiger partial charge in [-0.3, -0.25) is 53.9 Å². The van der Waals surface area contributed by atoms with Crippen LogP contribution in [0.1, 0.15) is 142 Å². The van der Waals surface area contributed by atoms with Gasteiger partial charge in [0.25, 0.3) is 0 Å². The van der Waals surface area contributed by atoms with Gasteiger partial charge in [0, 0.05) is 240 Å². The molecule has 4 unspecified atom stereocenters. The van der Waals surface area contributed by atoms with Gasteiger partial charge in [0.1, 0.15) is 0 Å². The standard InChI is InChI=1S/C45H100N20O2S2.C36H83N17O2/c1-54-23-30-65(32-24-57-18-7-12-38(47)13-10-36-68-69-37-11-16-41(49)56-3)35-34-64(31-25-58-21-22-59-43(67)40(55-2)15-9-20-62-45(52)53)28-6-4-5-27-63(29-17-46)33-26-60-42(66)39(48)14-8-19-61-44(50)51;1-4-22-51(28-21-48-33(54)31(38)10-8-13-49-35(39)40)23-6-5-7-24-52(29-30-53(25-18-43-2)27-19-45-15-12-37)26-20-46-16-17-47-34(55)32(44-3)11-9-14-50-36(41)42/h39-40,47,54-55,57-58H,4-37,46,48H2,1-3H3,(H2,49,56)(H,59,67)(H,60,66)(H4,50,51,61)(H4,52,53,62);31-32,43-46H,4-30,37-38H2,1-3H3,(H,47,55)(H,48,54)(H4,39,40,49)(H4,41,42,50). The van der Waals surface area contributed by atoms with Crippen LogP contribution in [0.25, 0.3) is 0 Å². The number of hydrogen-bond donors (Lipinski definition) is 26. The highest BCUT2D eigenvalue weighted by Crippen LogP contribution is 2.24. The first-order chi connectivity index (χ1) is 59.9. The Morgan fingerprint density at radius 3 is 1.03 bits per heavy atom. The van der Waals surface area contributed by atoms with Gasteiger partial charge in [-0.15, -0.1) is 0 Å². The predicted octanol–water partition coefficient (Wildman–Crippen LogP) is -5.51. The molecule has 124 heavy (non-hydrogen) atoms. The second-order valence-electron chi connectivity index (χ2n) is 31.1. The third kappa shape index (κ3) is 78.3. The Morgan fingerprint density at radius 2 is 0.669 bits per heavy atom. The number of guanidine groups is 4. The van der Waals surface area contributed by atoms with E-state index >= 15 is 0 Å². The Kier molecular flexibility index (Phi) is 85.0. The van der Waals surface area contributed by atoms with E-state index in [0.717, 1.165) is 277 Å². The monoisotopic (exact) mass is 1800 g/mol. The van der Waals surface area contributed by atoms with Gasteiger partial charge >= 0.3 is 0 Å². The minimum atomic E-state index is -0.598. The van der Waals surface area contributed by atoms with Gasteiger partial charge in [-0.1, -0.05) is 41.4 Å². The summed E-state index contributed by atoms with van der Waals surface area (Å²) < 4.78 is 0. The van der Waals surface area contributed by atoms with Gasteiger partial charge in [0.2, 0.25) is 23.6 Å². The average molecular weight is 1800 g/mol. The fraction of sp³-hybridized carbons (Fsp3) is 0.877.